The van der Waals surface area contributed by atoms with Crippen molar-refractivity contribution in [2.24, 2.45) is 5.92 Å². The van der Waals surface area contributed by atoms with E-state index in [1.165, 1.54) is 39.0 Å². The monoisotopic (exact) mass is 442 g/mol. The Morgan fingerprint density at radius 2 is 1.74 bits per heavy atom. The number of aromatic nitrogens is 1. The molecule has 0 unspecified atom stereocenters. The first-order valence-electron chi connectivity index (χ1n) is 10.8. The number of nitrogens with zero attached hydrogens (tertiary/aromatic N) is 2. The lowest BCUT2D eigenvalue weighted by atomic mass is 9.97. The number of fused-ring (bicyclic) bond motifs is 1. The highest BCUT2D eigenvalue weighted by Crippen LogP contribution is 2.28. The molecule has 164 valence electrons. The van der Waals surface area contributed by atoms with E-state index in [2.05, 4.69) is 45.9 Å². The second kappa shape index (κ2) is 8.35. The van der Waals surface area contributed by atoms with Gasteiger partial charge in [0, 0.05) is 50.4 Å². The molecule has 0 radical (unpaired) electrons. The van der Waals surface area contributed by atoms with Crippen molar-refractivity contribution >= 4 is 20.9 Å². The normalized spacial score (nSPS) is 19.4. The van der Waals surface area contributed by atoms with E-state index >= 15 is 0 Å². The predicted octanol–water partition coefficient (Wildman–Crippen LogP) is 3.07. The van der Waals surface area contributed by atoms with Crippen LogP contribution in [0.15, 0.2) is 59.6 Å². The van der Waals surface area contributed by atoms with Crippen LogP contribution in [0.2, 0.25) is 0 Å². The Bertz CT molecular complexity index is 1180. The molecule has 0 saturated carbocycles. The number of hydrazine groups is 1. The summed E-state index contributed by atoms with van der Waals surface area (Å²) in [5.41, 5.74) is 8.92. The van der Waals surface area contributed by atoms with Crippen molar-refractivity contribution in [3.63, 3.8) is 0 Å². The Morgan fingerprint density at radius 1 is 1.00 bits per heavy atom. The summed E-state index contributed by atoms with van der Waals surface area (Å²) in [7, 11) is -3.78. The largest absolute Gasteiger partial charge is 0.347 e. The molecule has 2 aliphatic heterocycles. The van der Waals surface area contributed by atoms with Crippen LogP contribution < -0.4 is 10.9 Å². The molecular weight excluding hydrogens is 415 g/mol. The van der Waals surface area contributed by atoms with Crippen molar-refractivity contribution < 1.29 is 12.8 Å². The third kappa shape index (κ3) is 4.01. The standard InChI is InChI=1S/C23H27FN4O2S/c24-21-3-1-2-4-23(21)31(29,30)28-11-7-17(8-12-28)16-27-10-9-19-13-18(5-6-22(19)27)20-14-25-26-15-20/h1-6,9-10,13,17,20,25-26H,7-8,11-12,14-16H2. The third-order valence-corrected chi connectivity index (χ3v) is 8.50. The summed E-state index contributed by atoms with van der Waals surface area (Å²) in [5, 5.41) is 1.24. The average Bonchev–Trinajstić information content (AvgIpc) is 3.45. The fourth-order valence-electron chi connectivity index (χ4n) is 4.73. The van der Waals surface area contributed by atoms with Crippen molar-refractivity contribution in [2.75, 3.05) is 26.2 Å². The summed E-state index contributed by atoms with van der Waals surface area (Å²) in [6.45, 7) is 3.60. The minimum Gasteiger partial charge on any atom is -0.347 e. The van der Waals surface area contributed by atoms with E-state index in [4.69, 9.17) is 0 Å². The molecule has 2 fully saturated rings. The zero-order valence-corrected chi connectivity index (χ0v) is 18.1. The van der Waals surface area contributed by atoms with Crippen LogP contribution in [0, 0.1) is 11.7 Å². The van der Waals surface area contributed by atoms with E-state index < -0.39 is 15.8 Å². The van der Waals surface area contributed by atoms with Gasteiger partial charge in [-0.2, -0.15) is 4.31 Å². The van der Waals surface area contributed by atoms with Crippen LogP contribution in [0.1, 0.15) is 24.3 Å². The molecule has 1 aromatic heterocycles. The Balaban J connectivity index is 1.25. The van der Waals surface area contributed by atoms with Crippen LogP contribution in [0.4, 0.5) is 4.39 Å². The van der Waals surface area contributed by atoms with Gasteiger partial charge in [0.05, 0.1) is 0 Å². The van der Waals surface area contributed by atoms with Crippen LogP contribution in [-0.2, 0) is 16.6 Å². The van der Waals surface area contributed by atoms with Gasteiger partial charge in [-0.15, -0.1) is 0 Å². The Labute approximate surface area is 182 Å². The van der Waals surface area contributed by atoms with Crippen LogP contribution in [0.3, 0.4) is 0 Å². The number of rotatable bonds is 5. The van der Waals surface area contributed by atoms with Crippen molar-refractivity contribution in [2.45, 2.75) is 30.2 Å². The van der Waals surface area contributed by atoms with E-state index in [1.807, 2.05) is 0 Å². The molecule has 0 aliphatic carbocycles. The van der Waals surface area contributed by atoms with Crippen molar-refractivity contribution in [3.05, 3.63) is 66.1 Å². The van der Waals surface area contributed by atoms with Gasteiger partial charge < -0.3 is 4.57 Å². The number of hydrogen-bond acceptors (Lipinski definition) is 4. The molecule has 0 spiro atoms. The molecule has 0 atom stereocenters. The molecule has 3 aromatic rings. The lowest BCUT2D eigenvalue weighted by Crippen LogP contribution is -2.39. The van der Waals surface area contributed by atoms with Gasteiger partial charge in [-0.1, -0.05) is 18.2 Å². The highest BCUT2D eigenvalue weighted by Gasteiger charge is 2.31. The average molecular weight is 443 g/mol. The molecule has 8 heteroatoms. The zero-order valence-electron chi connectivity index (χ0n) is 17.3. The number of benzene rings is 2. The number of nitrogens with one attached hydrogen (secondary N) is 2. The highest BCUT2D eigenvalue weighted by molar-refractivity contribution is 7.89. The van der Waals surface area contributed by atoms with Crippen LogP contribution >= 0.6 is 0 Å². The molecule has 5 rings (SSSR count). The fourth-order valence-corrected chi connectivity index (χ4v) is 6.27. The van der Waals surface area contributed by atoms with Crippen LogP contribution in [0.25, 0.3) is 10.9 Å². The predicted molar refractivity (Wildman–Crippen MR) is 119 cm³/mol. The molecular formula is C23H27FN4O2S. The third-order valence-electron chi connectivity index (χ3n) is 6.57. The summed E-state index contributed by atoms with van der Waals surface area (Å²) >= 11 is 0. The van der Waals surface area contributed by atoms with E-state index in [0.717, 1.165) is 32.5 Å². The molecule has 31 heavy (non-hydrogen) atoms. The highest BCUT2D eigenvalue weighted by atomic mass is 32.2. The molecule has 2 aliphatic rings. The number of hydrogen-bond donors (Lipinski definition) is 2. The maximum atomic E-state index is 14.0. The first kappa shape index (κ1) is 20.6. The summed E-state index contributed by atoms with van der Waals surface area (Å²) < 4.78 is 43.4. The Hall–Kier alpha value is -2.26. The van der Waals surface area contributed by atoms with E-state index in [-0.39, 0.29) is 4.90 Å². The van der Waals surface area contributed by atoms with Gasteiger partial charge in [-0.25, -0.2) is 12.8 Å². The Kier molecular flexibility index (Phi) is 5.56. The topological polar surface area (TPSA) is 66.4 Å². The summed E-state index contributed by atoms with van der Waals surface area (Å²) in [6, 6.07) is 14.4. The van der Waals surface area contributed by atoms with Gasteiger partial charge in [-0.05, 0) is 60.0 Å². The number of halogens is 1. The SMILES string of the molecule is O=S(=O)(c1ccccc1F)N1CCC(Cn2ccc3cc(C4CNNC4)ccc32)CC1. The quantitative estimate of drug-likeness (QED) is 0.637. The van der Waals surface area contributed by atoms with Gasteiger partial charge in [-0.3, -0.25) is 10.9 Å². The molecule has 3 heterocycles. The summed E-state index contributed by atoms with van der Waals surface area (Å²) in [4.78, 5) is -0.228. The van der Waals surface area contributed by atoms with Gasteiger partial charge >= 0.3 is 0 Å². The van der Waals surface area contributed by atoms with Crippen molar-refractivity contribution in [1.82, 2.24) is 19.7 Å². The minimum absolute atomic E-state index is 0.228. The number of piperidine rings is 1. The van der Waals surface area contributed by atoms with Crippen LogP contribution in [0.5, 0.6) is 0 Å². The van der Waals surface area contributed by atoms with E-state index in [9.17, 15) is 12.8 Å². The van der Waals surface area contributed by atoms with E-state index in [1.54, 1.807) is 6.07 Å². The van der Waals surface area contributed by atoms with E-state index in [0.29, 0.717) is 24.9 Å². The second-order valence-corrected chi connectivity index (χ2v) is 10.4. The first-order valence-corrected chi connectivity index (χ1v) is 12.3. The molecule has 0 amide bonds. The first-order chi connectivity index (χ1) is 15.0. The van der Waals surface area contributed by atoms with Crippen molar-refractivity contribution in [3.8, 4) is 0 Å². The lowest BCUT2D eigenvalue weighted by molar-refractivity contribution is 0.254. The molecule has 6 nitrogen and oxygen atoms in total. The smallest absolute Gasteiger partial charge is 0.245 e. The van der Waals surface area contributed by atoms with Crippen molar-refractivity contribution in [1.29, 1.82) is 0 Å². The Morgan fingerprint density at radius 3 is 2.48 bits per heavy atom. The lowest BCUT2D eigenvalue weighted by Gasteiger charge is -2.31. The number of sulfonamides is 1. The molecule has 2 aromatic carbocycles. The maximum absolute atomic E-state index is 14.0. The maximum Gasteiger partial charge on any atom is 0.245 e. The van der Waals surface area contributed by atoms with Gasteiger partial charge in [0.15, 0.2) is 0 Å². The van der Waals surface area contributed by atoms with Gasteiger partial charge in [0.2, 0.25) is 10.0 Å². The molecule has 0 bridgehead atoms. The molecule has 2 N–H and O–H groups in total. The molecule has 2 saturated heterocycles. The fraction of sp³-hybridized carbons (Fsp3) is 0.391. The van der Waals surface area contributed by atoms with Gasteiger partial charge in [0.1, 0.15) is 10.7 Å². The van der Waals surface area contributed by atoms with Gasteiger partial charge in [0.25, 0.3) is 0 Å². The second-order valence-electron chi connectivity index (χ2n) is 8.52. The summed E-state index contributed by atoms with van der Waals surface area (Å²) in [5.74, 6) is 0.200. The minimum atomic E-state index is -3.78. The van der Waals surface area contributed by atoms with Crippen LogP contribution in [-0.4, -0.2) is 43.5 Å². The zero-order chi connectivity index (χ0) is 21.4. The summed E-state index contributed by atoms with van der Waals surface area (Å²) in [6.07, 6.45) is 3.66.